The third-order valence-electron chi connectivity index (χ3n) is 3.04. The number of rotatable bonds is 2. The minimum atomic E-state index is -0.866. The first-order valence-electron chi connectivity index (χ1n) is 4.69. The van der Waals surface area contributed by atoms with Crippen molar-refractivity contribution in [1.29, 1.82) is 0 Å². The van der Waals surface area contributed by atoms with Gasteiger partial charge < -0.3 is 4.74 Å². The predicted molar refractivity (Wildman–Crippen MR) is 48.1 cm³/mol. The summed E-state index contributed by atoms with van der Waals surface area (Å²) in [5.41, 5.74) is -0.866. The molecule has 1 aliphatic carbocycles. The summed E-state index contributed by atoms with van der Waals surface area (Å²) >= 11 is 0. The monoisotopic (exact) mass is 184 g/mol. The smallest absolute Gasteiger partial charge is 0.319 e. The highest BCUT2D eigenvalue weighted by molar-refractivity contribution is 6.05. The highest BCUT2D eigenvalue weighted by Crippen LogP contribution is 2.40. The van der Waals surface area contributed by atoms with Gasteiger partial charge in [0.1, 0.15) is 5.41 Å². The average molecular weight is 184 g/mol. The van der Waals surface area contributed by atoms with E-state index >= 15 is 0 Å². The lowest BCUT2D eigenvalue weighted by molar-refractivity contribution is -0.155. The minimum absolute atomic E-state index is 0.0573. The molecule has 2 atom stereocenters. The Morgan fingerprint density at radius 3 is 2.69 bits per heavy atom. The van der Waals surface area contributed by atoms with Crippen LogP contribution in [0.4, 0.5) is 0 Å². The van der Waals surface area contributed by atoms with Gasteiger partial charge in [-0.05, 0) is 26.2 Å². The summed E-state index contributed by atoms with van der Waals surface area (Å²) in [5.74, 6) is -0.264. The fraction of sp³-hybridized carbons (Fsp3) is 0.800. The molecule has 1 rings (SSSR count). The van der Waals surface area contributed by atoms with Crippen LogP contribution in [0.15, 0.2) is 0 Å². The fourth-order valence-corrected chi connectivity index (χ4v) is 1.99. The normalized spacial score (nSPS) is 33.5. The number of ketones is 1. The first-order chi connectivity index (χ1) is 6.06. The van der Waals surface area contributed by atoms with Crippen molar-refractivity contribution in [1.82, 2.24) is 0 Å². The van der Waals surface area contributed by atoms with Gasteiger partial charge in [0.15, 0.2) is 5.78 Å². The van der Waals surface area contributed by atoms with Crippen molar-refractivity contribution in [3.05, 3.63) is 0 Å². The molecule has 0 bridgehead atoms. The topological polar surface area (TPSA) is 43.4 Å². The van der Waals surface area contributed by atoms with Crippen molar-refractivity contribution >= 4 is 11.8 Å². The fourth-order valence-electron chi connectivity index (χ4n) is 1.99. The van der Waals surface area contributed by atoms with E-state index in [4.69, 9.17) is 0 Å². The second-order valence-corrected chi connectivity index (χ2v) is 3.83. The molecule has 0 aromatic rings. The Morgan fingerprint density at radius 1 is 1.69 bits per heavy atom. The maximum absolute atomic E-state index is 11.8. The van der Waals surface area contributed by atoms with Gasteiger partial charge >= 0.3 is 5.97 Å². The van der Waals surface area contributed by atoms with Gasteiger partial charge in [0.2, 0.25) is 0 Å². The van der Waals surface area contributed by atoms with E-state index in [1.165, 1.54) is 7.11 Å². The maximum atomic E-state index is 11.8. The van der Waals surface area contributed by atoms with Crippen LogP contribution in [0.5, 0.6) is 0 Å². The van der Waals surface area contributed by atoms with Crippen LogP contribution >= 0.6 is 0 Å². The Kier molecular flexibility index (Phi) is 2.74. The number of esters is 1. The molecule has 0 heterocycles. The van der Waals surface area contributed by atoms with Crippen molar-refractivity contribution in [2.24, 2.45) is 11.3 Å². The van der Waals surface area contributed by atoms with Gasteiger partial charge in [-0.3, -0.25) is 9.59 Å². The van der Waals surface area contributed by atoms with Crippen LogP contribution in [0.3, 0.4) is 0 Å². The lowest BCUT2D eigenvalue weighted by Gasteiger charge is -2.18. The van der Waals surface area contributed by atoms with E-state index in [0.717, 1.165) is 12.8 Å². The second kappa shape index (κ2) is 3.48. The molecule has 13 heavy (non-hydrogen) atoms. The number of methoxy groups -OCH3 is 1. The predicted octanol–water partition coefficient (Wildman–Crippen LogP) is 1.55. The summed E-state index contributed by atoms with van der Waals surface area (Å²) in [6.07, 6.45) is 2.28. The van der Waals surface area contributed by atoms with Crippen LogP contribution < -0.4 is 0 Å². The van der Waals surface area contributed by atoms with Gasteiger partial charge in [-0.1, -0.05) is 6.92 Å². The molecule has 1 fully saturated rings. The molecular formula is C10H16O3. The van der Waals surface area contributed by atoms with Crippen molar-refractivity contribution in [2.75, 3.05) is 7.11 Å². The van der Waals surface area contributed by atoms with E-state index in [0.29, 0.717) is 6.42 Å². The molecule has 2 unspecified atom stereocenters. The number of carbonyl (C=O) groups excluding carboxylic acids is 2. The van der Waals surface area contributed by atoms with Crippen molar-refractivity contribution in [3.8, 4) is 0 Å². The van der Waals surface area contributed by atoms with Crippen LogP contribution in [0.25, 0.3) is 0 Å². The zero-order valence-electron chi connectivity index (χ0n) is 8.42. The van der Waals surface area contributed by atoms with Crippen LogP contribution in [0.2, 0.25) is 0 Å². The van der Waals surface area contributed by atoms with Crippen LogP contribution in [-0.2, 0) is 14.3 Å². The summed E-state index contributed by atoms with van der Waals surface area (Å²) in [6.45, 7) is 3.67. The molecule has 1 saturated carbocycles. The van der Waals surface area contributed by atoms with Gasteiger partial charge in [-0.2, -0.15) is 0 Å². The van der Waals surface area contributed by atoms with Gasteiger partial charge in [0.25, 0.3) is 0 Å². The van der Waals surface area contributed by atoms with Crippen molar-refractivity contribution in [3.63, 3.8) is 0 Å². The summed E-state index contributed by atoms with van der Waals surface area (Å²) < 4.78 is 4.64. The van der Waals surface area contributed by atoms with E-state index in [-0.39, 0.29) is 17.7 Å². The van der Waals surface area contributed by atoms with Crippen molar-refractivity contribution < 1.29 is 14.3 Å². The van der Waals surface area contributed by atoms with Gasteiger partial charge in [0.05, 0.1) is 7.11 Å². The standard InChI is InChI=1S/C10H16O3/c1-4-7-5-6-10(2,8(7)11)9(12)13-3/h7H,4-6H2,1-3H3. The summed E-state index contributed by atoms with van der Waals surface area (Å²) in [6, 6.07) is 0. The molecule has 0 spiro atoms. The third kappa shape index (κ3) is 1.47. The van der Waals surface area contributed by atoms with E-state index in [2.05, 4.69) is 4.74 Å². The van der Waals surface area contributed by atoms with E-state index in [1.807, 2.05) is 6.92 Å². The van der Waals surface area contributed by atoms with Gasteiger partial charge in [-0.25, -0.2) is 0 Å². The summed E-state index contributed by atoms with van der Waals surface area (Å²) in [7, 11) is 1.33. The lowest BCUT2D eigenvalue weighted by Crippen LogP contribution is -2.34. The Hall–Kier alpha value is -0.860. The molecule has 0 saturated heterocycles. The Labute approximate surface area is 78.5 Å². The number of hydrogen-bond donors (Lipinski definition) is 0. The number of Topliss-reactive ketones (excluding diaryl/α,β-unsaturated/α-hetero) is 1. The van der Waals surface area contributed by atoms with Gasteiger partial charge in [0, 0.05) is 5.92 Å². The lowest BCUT2D eigenvalue weighted by atomic mass is 9.86. The second-order valence-electron chi connectivity index (χ2n) is 3.83. The number of hydrogen-bond acceptors (Lipinski definition) is 3. The molecule has 74 valence electrons. The van der Waals surface area contributed by atoms with E-state index < -0.39 is 5.41 Å². The quantitative estimate of drug-likeness (QED) is 0.483. The molecule has 1 aliphatic rings. The van der Waals surface area contributed by atoms with Gasteiger partial charge in [-0.15, -0.1) is 0 Å². The molecule has 0 amide bonds. The average Bonchev–Trinajstić information content (AvgIpc) is 2.43. The Balaban J connectivity index is 2.83. The molecule has 3 heteroatoms. The van der Waals surface area contributed by atoms with E-state index in [9.17, 15) is 9.59 Å². The van der Waals surface area contributed by atoms with Crippen molar-refractivity contribution in [2.45, 2.75) is 33.1 Å². The highest BCUT2D eigenvalue weighted by atomic mass is 16.5. The first kappa shape index (κ1) is 10.2. The van der Waals surface area contributed by atoms with E-state index in [1.54, 1.807) is 6.92 Å². The maximum Gasteiger partial charge on any atom is 0.319 e. The molecular weight excluding hydrogens is 168 g/mol. The molecule has 0 aliphatic heterocycles. The molecule has 0 N–H and O–H groups in total. The molecule has 0 aromatic carbocycles. The number of carbonyl (C=O) groups is 2. The number of ether oxygens (including phenoxy) is 1. The Bertz CT molecular complexity index is 234. The largest absolute Gasteiger partial charge is 0.468 e. The molecule has 0 radical (unpaired) electrons. The molecule has 0 aromatic heterocycles. The first-order valence-corrected chi connectivity index (χ1v) is 4.69. The minimum Gasteiger partial charge on any atom is -0.468 e. The summed E-state index contributed by atoms with van der Waals surface area (Å²) in [5, 5.41) is 0. The zero-order valence-corrected chi connectivity index (χ0v) is 8.42. The Morgan fingerprint density at radius 2 is 2.31 bits per heavy atom. The SMILES string of the molecule is CCC1CCC(C)(C(=O)OC)C1=O. The summed E-state index contributed by atoms with van der Waals surface area (Å²) in [4.78, 5) is 23.1. The highest BCUT2D eigenvalue weighted by Gasteiger charge is 2.49. The third-order valence-corrected chi connectivity index (χ3v) is 3.04. The van der Waals surface area contributed by atoms with Crippen LogP contribution in [-0.4, -0.2) is 18.9 Å². The van der Waals surface area contributed by atoms with Crippen LogP contribution in [0.1, 0.15) is 33.1 Å². The zero-order chi connectivity index (χ0) is 10.1. The molecule has 3 nitrogen and oxygen atoms in total. The van der Waals surface area contributed by atoms with Crippen LogP contribution in [0, 0.1) is 11.3 Å².